The molecule has 0 bridgehead atoms. The molecular formula is C17H17BrClF. The molecule has 2 aromatic carbocycles. The zero-order valence-electron chi connectivity index (χ0n) is 11.4. The van der Waals surface area contributed by atoms with Gasteiger partial charge in [0.15, 0.2) is 0 Å². The van der Waals surface area contributed by atoms with E-state index >= 15 is 0 Å². The highest BCUT2D eigenvalue weighted by Crippen LogP contribution is 2.33. The second-order valence-corrected chi connectivity index (χ2v) is 6.14. The molecule has 20 heavy (non-hydrogen) atoms. The second kappa shape index (κ2) is 7.24. The van der Waals surface area contributed by atoms with Crippen molar-refractivity contribution in [2.45, 2.75) is 31.6 Å². The molecule has 1 unspecified atom stereocenters. The van der Waals surface area contributed by atoms with Crippen LogP contribution in [0.2, 0.25) is 0 Å². The zero-order valence-corrected chi connectivity index (χ0v) is 13.7. The number of rotatable bonds is 5. The van der Waals surface area contributed by atoms with Crippen molar-refractivity contribution in [3.63, 3.8) is 0 Å². The van der Waals surface area contributed by atoms with Crippen LogP contribution in [-0.2, 0) is 6.42 Å². The average Bonchev–Trinajstić information content (AvgIpc) is 2.48. The van der Waals surface area contributed by atoms with Crippen molar-refractivity contribution in [1.29, 1.82) is 0 Å². The minimum atomic E-state index is -0.465. The fraction of sp³-hybridized carbons (Fsp3) is 0.294. The molecule has 0 saturated heterocycles. The van der Waals surface area contributed by atoms with E-state index in [9.17, 15) is 4.39 Å². The Kier molecular flexibility index (Phi) is 5.62. The summed E-state index contributed by atoms with van der Waals surface area (Å²) in [6.45, 7) is 2.18. The zero-order chi connectivity index (χ0) is 14.5. The Bertz CT molecular complexity index is 566. The Hall–Kier alpha value is -0.860. The van der Waals surface area contributed by atoms with Gasteiger partial charge in [-0.1, -0.05) is 49.7 Å². The van der Waals surface area contributed by atoms with Crippen molar-refractivity contribution in [1.82, 2.24) is 0 Å². The molecule has 0 N–H and O–H groups in total. The van der Waals surface area contributed by atoms with Crippen LogP contribution in [0.1, 0.15) is 41.8 Å². The summed E-state index contributed by atoms with van der Waals surface area (Å²) in [5.41, 5.74) is 2.72. The number of benzene rings is 2. The van der Waals surface area contributed by atoms with Crippen LogP contribution < -0.4 is 0 Å². The Balaban J connectivity index is 2.20. The number of halogens is 3. The Morgan fingerprint density at radius 2 is 1.85 bits per heavy atom. The van der Waals surface area contributed by atoms with Crippen LogP contribution >= 0.6 is 27.5 Å². The van der Waals surface area contributed by atoms with E-state index in [1.165, 1.54) is 18.4 Å². The van der Waals surface area contributed by atoms with Gasteiger partial charge in [0, 0.05) is 5.56 Å². The highest BCUT2D eigenvalue weighted by Gasteiger charge is 2.16. The molecule has 0 fully saturated rings. The maximum Gasteiger partial charge on any atom is 0.142 e. The van der Waals surface area contributed by atoms with E-state index in [2.05, 4.69) is 35.0 Å². The van der Waals surface area contributed by atoms with Gasteiger partial charge in [0.25, 0.3) is 0 Å². The minimum absolute atomic E-state index is 0.289. The predicted molar refractivity (Wildman–Crippen MR) is 86.9 cm³/mol. The molecule has 0 amide bonds. The van der Waals surface area contributed by atoms with Crippen molar-refractivity contribution >= 4 is 27.5 Å². The van der Waals surface area contributed by atoms with Crippen LogP contribution in [-0.4, -0.2) is 0 Å². The normalized spacial score (nSPS) is 12.4. The van der Waals surface area contributed by atoms with Crippen LogP contribution in [0.4, 0.5) is 4.39 Å². The van der Waals surface area contributed by atoms with Gasteiger partial charge in [0.05, 0.1) is 9.85 Å². The van der Waals surface area contributed by atoms with Gasteiger partial charge in [-0.15, -0.1) is 11.6 Å². The van der Waals surface area contributed by atoms with E-state index in [-0.39, 0.29) is 5.82 Å². The van der Waals surface area contributed by atoms with E-state index in [4.69, 9.17) is 11.6 Å². The summed E-state index contributed by atoms with van der Waals surface area (Å²) in [6, 6.07) is 13.3. The highest BCUT2D eigenvalue weighted by molar-refractivity contribution is 9.10. The topological polar surface area (TPSA) is 0 Å². The van der Waals surface area contributed by atoms with Gasteiger partial charge in [-0.25, -0.2) is 4.39 Å². The standard InChI is InChI=1S/C17H17BrClF/c1-2-3-5-12-8-10-13(11-9-12)16(19)14-6-4-7-15(18)17(14)20/h4,6-11,16H,2-3,5H2,1H3. The Morgan fingerprint density at radius 3 is 2.50 bits per heavy atom. The van der Waals surface area contributed by atoms with E-state index < -0.39 is 5.38 Å². The molecule has 0 radical (unpaired) electrons. The third-order valence-corrected chi connectivity index (χ3v) is 4.45. The van der Waals surface area contributed by atoms with Gasteiger partial charge in [-0.05, 0) is 46.0 Å². The van der Waals surface area contributed by atoms with Crippen molar-refractivity contribution in [2.75, 3.05) is 0 Å². The Labute approximate surface area is 133 Å². The quantitative estimate of drug-likeness (QED) is 0.555. The van der Waals surface area contributed by atoms with Gasteiger partial charge in [0.2, 0.25) is 0 Å². The minimum Gasteiger partial charge on any atom is -0.205 e. The monoisotopic (exact) mass is 354 g/mol. The van der Waals surface area contributed by atoms with Crippen molar-refractivity contribution in [3.8, 4) is 0 Å². The van der Waals surface area contributed by atoms with Gasteiger partial charge < -0.3 is 0 Å². The first-order valence-corrected chi connectivity index (χ1v) is 8.03. The molecule has 0 saturated carbocycles. The lowest BCUT2D eigenvalue weighted by molar-refractivity contribution is 0.605. The lowest BCUT2D eigenvalue weighted by Gasteiger charge is -2.13. The molecule has 3 heteroatoms. The molecular weight excluding hydrogens is 339 g/mol. The molecule has 0 aromatic heterocycles. The van der Waals surface area contributed by atoms with Gasteiger partial charge >= 0.3 is 0 Å². The van der Waals surface area contributed by atoms with Crippen LogP contribution in [0.15, 0.2) is 46.9 Å². The highest BCUT2D eigenvalue weighted by atomic mass is 79.9. The van der Waals surface area contributed by atoms with Crippen LogP contribution in [0.25, 0.3) is 0 Å². The smallest absolute Gasteiger partial charge is 0.142 e. The van der Waals surface area contributed by atoms with Crippen molar-refractivity contribution < 1.29 is 4.39 Å². The second-order valence-electron chi connectivity index (χ2n) is 4.85. The third kappa shape index (κ3) is 3.62. The summed E-state index contributed by atoms with van der Waals surface area (Å²) in [5.74, 6) is -0.289. The predicted octanol–water partition coefficient (Wildman–Crippen LogP) is 6.26. The largest absolute Gasteiger partial charge is 0.205 e. The molecule has 2 aromatic rings. The molecule has 0 nitrogen and oxygen atoms in total. The number of hydrogen-bond donors (Lipinski definition) is 0. The van der Waals surface area contributed by atoms with Crippen molar-refractivity contribution in [2.24, 2.45) is 0 Å². The summed E-state index contributed by atoms with van der Waals surface area (Å²) in [4.78, 5) is 0. The van der Waals surface area contributed by atoms with Gasteiger partial charge in [0.1, 0.15) is 5.82 Å². The van der Waals surface area contributed by atoms with E-state index in [0.29, 0.717) is 10.0 Å². The number of alkyl halides is 1. The first kappa shape index (κ1) is 15.5. The number of unbranched alkanes of at least 4 members (excludes halogenated alkanes) is 1. The fourth-order valence-electron chi connectivity index (χ4n) is 2.13. The summed E-state index contributed by atoms with van der Waals surface area (Å²) < 4.78 is 14.5. The maximum absolute atomic E-state index is 14.1. The van der Waals surface area contributed by atoms with E-state index in [0.717, 1.165) is 12.0 Å². The number of hydrogen-bond acceptors (Lipinski definition) is 0. The van der Waals surface area contributed by atoms with Crippen LogP contribution in [0.3, 0.4) is 0 Å². The average molecular weight is 356 g/mol. The maximum atomic E-state index is 14.1. The van der Waals surface area contributed by atoms with Gasteiger partial charge in [-0.2, -0.15) is 0 Å². The summed E-state index contributed by atoms with van der Waals surface area (Å²) >= 11 is 9.60. The summed E-state index contributed by atoms with van der Waals surface area (Å²) in [7, 11) is 0. The van der Waals surface area contributed by atoms with Crippen LogP contribution in [0.5, 0.6) is 0 Å². The Morgan fingerprint density at radius 1 is 1.15 bits per heavy atom. The molecule has 0 aliphatic carbocycles. The first-order valence-electron chi connectivity index (χ1n) is 6.80. The SMILES string of the molecule is CCCCc1ccc(C(Cl)c2cccc(Br)c2F)cc1. The summed E-state index contributed by atoms with van der Waals surface area (Å²) in [5, 5.41) is -0.465. The van der Waals surface area contributed by atoms with Gasteiger partial charge in [-0.3, -0.25) is 0 Å². The lowest BCUT2D eigenvalue weighted by atomic mass is 10.0. The molecule has 106 valence electrons. The molecule has 0 spiro atoms. The lowest BCUT2D eigenvalue weighted by Crippen LogP contribution is -1.98. The number of aryl methyl sites for hydroxylation is 1. The molecule has 0 aliphatic rings. The first-order chi connectivity index (χ1) is 9.63. The summed E-state index contributed by atoms with van der Waals surface area (Å²) in [6.07, 6.45) is 3.45. The third-order valence-electron chi connectivity index (χ3n) is 3.35. The fourth-order valence-corrected chi connectivity index (χ4v) is 2.83. The van der Waals surface area contributed by atoms with Crippen LogP contribution in [0, 0.1) is 5.82 Å². The molecule has 0 aliphatic heterocycles. The molecule has 2 rings (SSSR count). The van der Waals surface area contributed by atoms with E-state index in [1.807, 2.05) is 12.1 Å². The van der Waals surface area contributed by atoms with Crippen molar-refractivity contribution in [3.05, 3.63) is 69.4 Å². The molecule has 1 atom stereocenters. The van der Waals surface area contributed by atoms with E-state index in [1.54, 1.807) is 18.2 Å². The molecule has 0 heterocycles.